The van der Waals surface area contributed by atoms with Crippen LogP contribution in [-0.2, 0) is 20.7 Å². The van der Waals surface area contributed by atoms with Gasteiger partial charge in [0.05, 0.1) is 29.8 Å². The Balaban J connectivity index is 1.56. The van der Waals surface area contributed by atoms with Gasteiger partial charge >= 0.3 is 5.97 Å². The van der Waals surface area contributed by atoms with Crippen LogP contribution in [0.25, 0.3) is 16.7 Å². The van der Waals surface area contributed by atoms with Gasteiger partial charge in [0, 0.05) is 36.1 Å². The zero-order valence-electron chi connectivity index (χ0n) is 19.8. The SMILES string of the molecule is COC(=O)c1ccc(C2C(=C(O)c3cccnc3)C(=O)C(=O)N2CCc2c[nH]c3c(F)cccc23)cc1. The van der Waals surface area contributed by atoms with Gasteiger partial charge in [-0.05, 0) is 47.9 Å². The number of hydrogen-bond acceptors (Lipinski definition) is 6. The molecule has 1 fully saturated rings. The standard InChI is InChI=1S/C28H22FN3O5/c1-37-28(36)17-9-7-16(8-10-17)24-22(25(33)19-4-3-12-30-14-19)26(34)27(35)32(24)13-11-18-15-31-23-20(18)5-2-6-21(23)29/h2-10,12,14-15,24,31,33H,11,13H2,1H3. The molecule has 1 unspecified atom stereocenters. The number of aromatic amines is 1. The van der Waals surface area contributed by atoms with Crippen LogP contribution >= 0.6 is 0 Å². The number of benzene rings is 2. The molecule has 4 aromatic rings. The zero-order chi connectivity index (χ0) is 26.1. The van der Waals surface area contributed by atoms with Crippen molar-refractivity contribution in [1.29, 1.82) is 0 Å². The van der Waals surface area contributed by atoms with Gasteiger partial charge in [0.25, 0.3) is 11.7 Å². The van der Waals surface area contributed by atoms with E-state index in [1.807, 2.05) is 0 Å². The number of pyridine rings is 1. The summed E-state index contributed by atoms with van der Waals surface area (Å²) in [6.07, 6.45) is 4.95. The molecule has 0 aliphatic carbocycles. The number of hydrogen-bond donors (Lipinski definition) is 2. The van der Waals surface area contributed by atoms with Crippen molar-refractivity contribution in [2.45, 2.75) is 12.5 Å². The molecule has 186 valence electrons. The van der Waals surface area contributed by atoms with Crippen LogP contribution < -0.4 is 0 Å². The van der Waals surface area contributed by atoms with Crippen molar-refractivity contribution in [3.8, 4) is 0 Å². The fourth-order valence-corrected chi connectivity index (χ4v) is 4.66. The molecule has 8 nitrogen and oxygen atoms in total. The first kappa shape index (κ1) is 23.9. The van der Waals surface area contributed by atoms with Gasteiger partial charge in [-0.2, -0.15) is 0 Å². The van der Waals surface area contributed by atoms with E-state index in [1.165, 1.54) is 42.6 Å². The molecular formula is C28H22FN3O5. The number of H-pyrrole nitrogens is 1. The number of carbonyl (C=O) groups excluding carboxylic acids is 3. The Morgan fingerprint density at radius 3 is 2.59 bits per heavy atom. The van der Waals surface area contributed by atoms with Crippen LogP contribution in [0.5, 0.6) is 0 Å². The minimum absolute atomic E-state index is 0.0752. The molecule has 5 rings (SSSR count). The summed E-state index contributed by atoms with van der Waals surface area (Å²) in [5.41, 5.74) is 2.20. The highest BCUT2D eigenvalue weighted by Crippen LogP contribution is 2.39. The van der Waals surface area contributed by atoms with Crippen molar-refractivity contribution in [1.82, 2.24) is 14.9 Å². The lowest BCUT2D eigenvalue weighted by Crippen LogP contribution is -2.31. The fourth-order valence-electron chi connectivity index (χ4n) is 4.66. The van der Waals surface area contributed by atoms with Crippen LogP contribution in [0.2, 0.25) is 0 Å². The van der Waals surface area contributed by atoms with Crippen LogP contribution in [0.4, 0.5) is 4.39 Å². The number of aromatic nitrogens is 2. The number of carbonyl (C=O) groups is 3. The van der Waals surface area contributed by atoms with Gasteiger partial charge in [0.2, 0.25) is 0 Å². The molecule has 2 aromatic carbocycles. The van der Waals surface area contributed by atoms with Gasteiger partial charge in [-0.1, -0.05) is 24.3 Å². The van der Waals surface area contributed by atoms with Crippen LogP contribution in [-0.4, -0.2) is 51.3 Å². The molecule has 1 aliphatic rings. The normalized spacial score (nSPS) is 16.9. The van der Waals surface area contributed by atoms with Crippen molar-refractivity contribution < 1.29 is 28.6 Å². The van der Waals surface area contributed by atoms with Crippen molar-refractivity contribution in [3.63, 3.8) is 0 Å². The average Bonchev–Trinajstić information content (AvgIpc) is 3.46. The summed E-state index contributed by atoms with van der Waals surface area (Å²) in [4.78, 5) is 46.6. The second-order valence-corrected chi connectivity index (χ2v) is 8.57. The maximum absolute atomic E-state index is 14.1. The maximum Gasteiger partial charge on any atom is 0.337 e. The van der Waals surface area contributed by atoms with Gasteiger partial charge in [-0.15, -0.1) is 0 Å². The Kier molecular flexibility index (Phi) is 6.27. The number of methoxy groups -OCH3 is 1. The van der Waals surface area contributed by atoms with Crippen LogP contribution in [0.15, 0.2) is 78.8 Å². The van der Waals surface area contributed by atoms with E-state index in [4.69, 9.17) is 4.74 Å². The summed E-state index contributed by atoms with van der Waals surface area (Å²) in [5, 5.41) is 11.8. The summed E-state index contributed by atoms with van der Waals surface area (Å²) >= 11 is 0. The minimum Gasteiger partial charge on any atom is -0.507 e. The number of amides is 1. The highest BCUT2D eigenvalue weighted by Gasteiger charge is 2.46. The fraction of sp³-hybridized carbons (Fsp3) is 0.143. The van der Waals surface area contributed by atoms with E-state index in [1.54, 1.807) is 42.6 Å². The first-order valence-electron chi connectivity index (χ1n) is 11.5. The van der Waals surface area contributed by atoms with Gasteiger partial charge in [-0.25, -0.2) is 9.18 Å². The lowest BCUT2D eigenvalue weighted by atomic mass is 9.95. The lowest BCUT2D eigenvalue weighted by molar-refractivity contribution is -0.139. The molecular weight excluding hydrogens is 477 g/mol. The minimum atomic E-state index is -0.908. The highest BCUT2D eigenvalue weighted by atomic mass is 19.1. The molecule has 2 N–H and O–H groups in total. The number of esters is 1. The Morgan fingerprint density at radius 2 is 1.89 bits per heavy atom. The van der Waals surface area contributed by atoms with E-state index in [0.717, 1.165) is 5.56 Å². The van der Waals surface area contributed by atoms with Gasteiger partial charge in [0.15, 0.2) is 0 Å². The number of likely N-dealkylation sites (tertiary alicyclic amines) is 1. The largest absolute Gasteiger partial charge is 0.507 e. The summed E-state index contributed by atoms with van der Waals surface area (Å²) in [6, 6.07) is 13.4. The summed E-state index contributed by atoms with van der Waals surface area (Å²) in [6.45, 7) is 0.126. The molecule has 1 aliphatic heterocycles. The van der Waals surface area contributed by atoms with E-state index in [-0.39, 0.29) is 23.7 Å². The number of ketones is 1. The van der Waals surface area contributed by atoms with E-state index < -0.39 is 23.7 Å². The van der Waals surface area contributed by atoms with Gasteiger partial charge in [-0.3, -0.25) is 14.6 Å². The molecule has 2 aromatic heterocycles. The Bertz CT molecular complexity index is 1540. The number of nitrogens with zero attached hydrogens (tertiary/aromatic N) is 2. The second-order valence-electron chi connectivity index (χ2n) is 8.57. The van der Waals surface area contributed by atoms with Crippen LogP contribution in [0.1, 0.15) is 33.1 Å². The zero-order valence-corrected chi connectivity index (χ0v) is 19.8. The summed E-state index contributed by atoms with van der Waals surface area (Å²) < 4.78 is 18.9. The van der Waals surface area contributed by atoms with Crippen LogP contribution in [0.3, 0.4) is 0 Å². The van der Waals surface area contributed by atoms with Crippen molar-refractivity contribution in [3.05, 3.63) is 107 Å². The number of rotatable bonds is 6. The Labute approximate surface area is 211 Å². The molecule has 0 saturated carbocycles. The molecule has 37 heavy (non-hydrogen) atoms. The number of aliphatic hydroxyl groups is 1. The third-order valence-corrected chi connectivity index (χ3v) is 6.49. The predicted molar refractivity (Wildman–Crippen MR) is 133 cm³/mol. The number of halogens is 1. The molecule has 1 saturated heterocycles. The Hall–Kier alpha value is -4.79. The molecule has 1 amide bonds. The van der Waals surface area contributed by atoms with Crippen molar-refractivity contribution >= 4 is 34.3 Å². The van der Waals surface area contributed by atoms with Crippen LogP contribution in [0, 0.1) is 5.82 Å². The number of fused-ring (bicyclic) bond motifs is 1. The van der Waals surface area contributed by atoms with Gasteiger partial charge < -0.3 is 19.7 Å². The third-order valence-electron chi connectivity index (χ3n) is 6.49. The number of nitrogens with one attached hydrogen (secondary N) is 1. The van der Waals surface area contributed by atoms with Crippen molar-refractivity contribution in [2.24, 2.45) is 0 Å². The molecule has 1 atom stereocenters. The first-order chi connectivity index (χ1) is 17.9. The second kappa shape index (κ2) is 9.69. The average molecular weight is 499 g/mol. The number of ether oxygens (including phenoxy) is 1. The maximum atomic E-state index is 14.1. The smallest absolute Gasteiger partial charge is 0.337 e. The quantitative estimate of drug-likeness (QED) is 0.178. The molecule has 0 bridgehead atoms. The van der Waals surface area contributed by atoms with Gasteiger partial charge in [0.1, 0.15) is 11.6 Å². The highest BCUT2D eigenvalue weighted by molar-refractivity contribution is 6.46. The first-order valence-corrected chi connectivity index (χ1v) is 11.5. The molecule has 3 heterocycles. The predicted octanol–water partition coefficient (Wildman–Crippen LogP) is 4.15. The number of aliphatic hydroxyl groups excluding tert-OH is 1. The number of para-hydroxylation sites is 1. The monoisotopic (exact) mass is 499 g/mol. The van der Waals surface area contributed by atoms with E-state index >= 15 is 0 Å². The molecule has 0 spiro atoms. The Morgan fingerprint density at radius 1 is 1.11 bits per heavy atom. The van der Waals surface area contributed by atoms with E-state index in [9.17, 15) is 23.9 Å². The molecule has 9 heteroatoms. The lowest BCUT2D eigenvalue weighted by Gasteiger charge is -2.25. The van der Waals surface area contributed by atoms with E-state index in [2.05, 4.69) is 9.97 Å². The summed E-state index contributed by atoms with van der Waals surface area (Å²) in [7, 11) is 1.27. The number of Topliss-reactive ketones (excluding diaryl/α,β-unsaturated/α-hetero) is 1. The molecule has 0 radical (unpaired) electrons. The third kappa shape index (κ3) is 4.24. The topological polar surface area (TPSA) is 113 Å². The van der Waals surface area contributed by atoms with E-state index in [0.29, 0.717) is 34.0 Å². The van der Waals surface area contributed by atoms with Crippen molar-refractivity contribution in [2.75, 3.05) is 13.7 Å². The summed E-state index contributed by atoms with van der Waals surface area (Å²) in [5.74, 6) is -2.84.